The SMILES string of the molecule is O=C(/C=C/c1ccc(-c2ccccc2)o1)Nc1ccc(Br)cc1. The van der Waals surface area contributed by atoms with Crippen LogP contribution < -0.4 is 5.32 Å². The van der Waals surface area contributed by atoms with Crippen LogP contribution in [0.2, 0.25) is 0 Å². The van der Waals surface area contributed by atoms with Crippen molar-refractivity contribution in [2.75, 3.05) is 5.32 Å². The Morgan fingerprint density at radius 3 is 2.43 bits per heavy atom. The fourth-order valence-corrected chi connectivity index (χ4v) is 2.34. The van der Waals surface area contributed by atoms with E-state index in [1.54, 1.807) is 6.08 Å². The van der Waals surface area contributed by atoms with Crippen LogP contribution in [0.3, 0.4) is 0 Å². The van der Waals surface area contributed by atoms with Crippen molar-refractivity contribution >= 4 is 33.6 Å². The molecule has 0 atom stereocenters. The molecule has 1 aromatic heterocycles. The number of carbonyl (C=O) groups is 1. The zero-order valence-electron chi connectivity index (χ0n) is 12.2. The molecule has 23 heavy (non-hydrogen) atoms. The molecule has 0 unspecified atom stereocenters. The maximum atomic E-state index is 11.9. The minimum atomic E-state index is -0.204. The normalized spacial score (nSPS) is 10.8. The van der Waals surface area contributed by atoms with E-state index in [0.717, 1.165) is 21.5 Å². The Kier molecular flexibility index (Phi) is 4.74. The molecule has 0 bridgehead atoms. The van der Waals surface area contributed by atoms with Crippen LogP contribution in [-0.2, 0) is 4.79 Å². The molecule has 3 aromatic rings. The predicted molar refractivity (Wildman–Crippen MR) is 95.9 cm³/mol. The maximum Gasteiger partial charge on any atom is 0.248 e. The third kappa shape index (κ3) is 4.20. The number of furan rings is 1. The van der Waals surface area contributed by atoms with Gasteiger partial charge in [0, 0.05) is 21.8 Å². The van der Waals surface area contributed by atoms with E-state index in [-0.39, 0.29) is 5.91 Å². The van der Waals surface area contributed by atoms with Gasteiger partial charge in [0.25, 0.3) is 0 Å². The first-order valence-electron chi connectivity index (χ1n) is 7.10. The van der Waals surface area contributed by atoms with E-state index in [1.807, 2.05) is 66.7 Å². The van der Waals surface area contributed by atoms with E-state index >= 15 is 0 Å². The Morgan fingerprint density at radius 2 is 1.70 bits per heavy atom. The highest BCUT2D eigenvalue weighted by Crippen LogP contribution is 2.22. The maximum absolute atomic E-state index is 11.9. The summed E-state index contributed by atoms with van der Waals surface area (Å²) in [4.78, 5) is 11.9. The number of hydrogen-bond donors (Lipinski definition) is 1. The molecule has 4 heteroatoms. The van der Waals surface area contributed by atoms with Crippen LogP contribution in [0.5, 0.6) is 0 Å². The molecule has 114 valence electrons. The lowest BCUT2D eigenvalue weighted by atomic mass is 10.2. The quantitative estimate of drug-likeness (QED) is 0.630. The summed E-state index contributed by atoms with van der Waals surface area (Å²) in [5.41, 5.74) is 1.75. The molecular weight excluding hydrogens is 354 g/mol. The molecule has 1 amide bonds. The Balaban J connectivity index is 1.65. The smallest absolute Gasteiger partial charge is 0.248 e. The highest BCUT2D eigenvalue weighted by molar-refractivity contribution is 9.10. The van der Waals surface area contributed by atoms with Crippen LogP contribution >= 0.6 is 15.9 Å². The number of amides is 1. The summed E-state index contributed by atoms with van der Waals surface area (Å²) in [5, 5.41) is 2.79. The molecule has 0 fully saturated rings. The average Bonchev–Trinajstić information content (AvgIpc) is 3.05. The van der Waals surface area contributed by atoms with Gasteiger partial charge in [-0.1, -0.05) is 46.3 Å². The third-order valence-electron chi connectivity index (χ3n) is 3.20. The number of halogens is 1. The molecule has 0 aliphatic carbocycles. The van der Waals surface area contributed by atoms with Crippen LogP contribution in [-0.4, -0.2) is 5.91 Å². The standard InChI is InChI=1S/C19H14BrNO2/c20-15-6-8-16(9-7-15)21-19(22)13-11-17-10-12-18(23-17)14-4-2-1-3-5-14/h1-13H,(H,21,22)/b13-11+. The van der Waals surface area contributed by atoms with Gasteiger partial charge in [-0.25, -0.2) is 0 Å². The first-order chi connectivity index (χ1) is 11.2. The fourth-order valence-electron chi connectivity index (χ4n) is 2.07. The van der Waals surface area contributed by atoms with E-state index in [1.165, 1.54) is 6.08 Å². The van der Waals surface area contributed by atoms with Gasteiger partial charge in [-0.2, -0.15) is 0 Å². The van der Waals surface area contributed by atoms with E-state index in [0.29, 0.717) is 5.76 Å². The second-order valence-corrected chi connectivity index (χ2v) is 5.81. The summed E-state index contributed by atoms with van der Waals surface area (Å²) >= 11 is 3.36. The predicted octanol–water partition coefficient (Wildman–Crippen LogP) is 5.36. The zero-order valence-corrected chi connectivity index (χ0v) is 13.8. The second kappa shape index (κ2) is 7.11. The molecule has 1 N–H and O–H groups in total. The summed E-state index contributed by atoms with van der Waals surface area (Å²) in [7, 11) is 0. The van der Waals surface area contributed by atoms with Crippen LogP contribution in [0.15, 0.2) is 81.7 Å². The van der Waals surface area contributed by atoms with E-state index in [9.17, 15) is 4.79 Å². The molecule has 0 aliphatic rings. The van der Waals surface area contributed by atoms with Crippen molar-refractivity contribution in [2.45, 2.75) is 0 Å². The Bertz CT molecular complexity index is 820. The molecule has 0 saturated carbocycles. The minimum Gasteiger partial charge on any atom is -0.457 e. The molecule has 3 rings (SSSR count). The summed E-state index contributed by atoms with van der Waals surface area (Å²) < 4.78 is 6.68. The lowest BCUT2D eigenvalue weighted by molar-refractivity contribution is -0.111. The Morgan fingerprint density at radius 1 is 0.957 bits per heavy atom. The van der Waals surface area contributed by atoms with Crippen LogP contribution in [0.1, 0.15) is 5.76 Å². The number of anilines is 1. The monoisotopic (exact) mass is 367 g/mol. The molecule has 0 radical (unpaired) electrons. The minimum absolute atomic E-state index is 0.204. The van der Waals surface area contributed by atoms with Crippen molar-refractivity contribution in [3.05, 3.63) is 83.0 Å². The average molecular weight is 368 g/mol. The molecule has 1 heterocycles. The van der Waals surface area contributed by atoms with E-state index in [4.69, 9.17) is 4.42 Å². The second-order valence-electron chi connectivity index (χ2n) is 4.90. The lowest BCUT2D eigenvalue weighted by Gasteiger charge is -2.01. The molecular formula is C19H14BrNO2. The fraction of sp³-hybridized carbons (Fsp3) is 0. The van der Waals surface area contributed by atoms with Gasteiger partial charge in [0.1, 0.15) is 11.5 Å². The number of hydrogen-bond acceptors (Lipinski definition) is 2. The van der Waals surface area contributed by atoms with Gasteiger partial charge in [0.05, 0.1) is 0 Å². The van der Waals surface area contributed by atoms with Crippen LogP contribution in [0, 0.1) is 0 Å². The van der Waals surface area contributed by atoms with Gasteiger partial charge >= 0.3 is 0 Å². The lowest BCUT2D eigenvalue weighted by Crippen LogP contribution is -2.07. The number of nitrogens with one attached hydrogen (secondary N) is 1. The summed E-state index contributed by atoms with van der Waals surface area (Å²) in [5.74, 6) is 1.21. The summed E-state index contributed by atoms with van der Waals surface area (Å²) in [6.45, 7) is 0. The van der Waals surface area contributed by atoms with Crippen molar-refractivity contribution in [2.24, 2.45) is 0 Å². The van der Waals surface area contributed by atoms with Crippen molar-refractivity contribution in [3.63, 3.8) is 0 Å². The highest BCUT2D eigenvalue weighted by atomic mass is 79.9. The van der Waals surface area contributed by atoms with Crippen molar-refractivity contribution in [3.8, 4) is 11.3 Å². The van der Waals surface area contributed by atoms with Gasteiger partial charge < -0.3 is 9.73 Å². The topological polar surface area (TPSA) is 42.2 Å². The van der Waals surface area contributed by atoms with Crippen molar-refractivity contribution < 1.29 is 9.21 Å². The van der Waals surface area contributed by atoms with Gasteiger partial charge in [0.2, 0.25) is 5.91 Å². The van der Waals surface area contributed by atoms with Crippen molar-refractivity contribution in [1.82, 2.24) is 0 Å². The Hall–Kier alpha value is -2.59. The first-order valence-corrected chi connectivity index (χ1v) is 7.90. The molecule has 3 nitrogen and oxygen atoms in total. The van der Waals surface area contributed by atoms with Crippen molar-refractivity contribution in [1.29, 1.82) is 0 Å². The van der Waals surface area contributed by atoms with Gasteiger partial charge in [0.15, 0.2) is 0 Å². The number of benzene rings is 2. The number of carbonyl (C=O) groups excluding carboxylic acids is 1. The summed E-state index contributed by atoms with van der Waals surface area (Å²) in [6, 6.07) is 21.0. The molecule has 2 aromatic carbocycles. The van der Waals surface area contributed by atoms with Gasteiger partial charge in [-0.15, -0.1) is 0 Å². The van der Waals surface area contributed by atoms with Crippen LogP contribution in [0.4, 0.5) is 5.69 Å². The highest BCUT2D eigenvalue weighted by Gasteiger charge is 2.03. The third-order valence-corrected chi connectivity index (χ3v) is 3.72. The van der Waals surface area contributed by atoms with Crippen LogP contribution in [0.25, 0.3) is 17.4 Å². The molecule has 0 aliphatic heterocycles. The zero-order chi connectivity index (χ0) is 16.1. The Labute approximate surface area is 142 Å². The van der Waals surface area contributed by atoms with Gasteiger partial charge in [-0.05, 0) is 42.5 Å². The molecule has 0 spiro atoms. The summed E-state index contributed by atoms with van der Waals surface area (Å²) in [6.07, 6.45) is 3.11. The number of rotatable bonds is 4. The van der Waals surface area contributed by atoms with Gasteiger partial charge in [-0.3, -0.25) is 4.79 Å². The first kappa shape index (κ1) is 15.3. The largest absolute Gasteiger partial charge is 0.457 e. The van der Waals surface area contributed by atoms with E-state index < -0.39 is 0 Å². The molecule has 0 saturated heterocycles. The van der Waals surface area contributed by atoms with E-state index in [2.05, 4.69) is 21.2 Å².